The van der Waals surface area contributed by atoms with Gasteiger partial charge in [0.1, 0.15) is 0 Å². The topological polar surface area (TPSA) is 32.9 Å². The highest BCUT2D eigenvalue weighted by Gasteiger charge is 2.07. The molecule has 2 nitrogen and oxygen atoms in total. The van der Waals surface area contributed by atoms with Crippen LogP contribution in [0.5, 0.6) is 0 Å². The number of hydrogen-bond acceptors (Lipinski definition) is 1. The number of benzene rings is 1. The SMILES string of the molecule is O=c1c([ClH+])c[nH]c2ccc(Br)cc12. The van der Waals surface area contributed by atoms with Crippen LogP contribution in [0.15, 0.2) is 33.7 Å². The lowest BCUT2D eigenvalue weighted by molar-refractivity contribution is -0.290. The van der Waals surface area contributed by atoms with E-state index >= 15 is 0 Å². The van der Waals surface area contributed by atoms with Crippen LogP contribution in [0.25, 0.3) is 10.9 Å². The van der Waals surface area contributed by atoms with Crippen molar-refractivity contribution in [3.63, 3.8) is 0 Å². The molecule has 0 radical (unpaired) electrons. The van der Waals surface area contributed by atoms with Gasteiger partial charge in [0.25, 0.3) is 10.5 Å². The molecule has 0 aliphatic heterocycles. The zero-order chi connectivity index (χ0) is 9.42. The molecule has 0 fully saturated rings. The predicted molar refractivity (Wildman–Crippen MR) is 52.8 cm³/mol. The van der Waals surface area contributed by atoms with Crippen molar-refractivity contribution in [3.8, 4) is 0 Å². The van der Waals surface area contributed by atoms with E-state index in [0.29, 0.717) is 10.4 Å². The maximum absolute atomic E-state index is 11.5. The molecule has 0 aliphatic carbocycles. The number of hydrogen-bond donors (Lipinski definition) is 1. The average Bonchev–Trinajstić information content (AvgIpc) is 2.12. The van der Waals surface area contributed by atoms with Gasteiger partial charge in [0.15, 0.2) is 11.6 Å². The van der Waals surface area contributed by atoms with E-state index in [9.17, 15) is 4.79 Å². The number of fused-ring (bicyclic) bond motifs is 1. The van der Waals surface area contributed by atoms with Gasteiger partial charge in [0.2, 0.25) is 0 Å². The van der Waals surface area contributed by atoms with Crippen molar-refractivity contribution in [1.82, 2.24) is 4.98 Å². The van der Waals surface area contributed by atoms with Gasteiger partial charge >= 0.3 is 0 Å². The van der Waals surface area contributed by atoms with Crippen LogP contribution in [0.2, 0.25) is 5.02 Å². The van der Waals surface area contributed by atoms with Crippen molar-refractivity contribution >= 4 is 26.8 Å². The Morgan fingerprint density at radius 2 is 2.15 bits per heavy atom. The number of rotatable bonds is 0. The summed E-state index contributed by atoms with van der Waals surface area (Å²) >= 11 is 8.17. The summed E-state index contributed by atoms with van der Waals surface area (Å²) in [6.45, 7) is 0. The molecule has 1 aromatic heterocycles. The molecule has 0 bridgehead atoms. The third-order valence-electron chi connectivity index (χ3n) is 1.81. The summed E-state index contributed by atoms with van der Waals surface area (Å²) in [5.74, 6) is 0. The zero-order valence-electron chi connectivity index (χ0n) is 6.50. The molecule has 4 heteroatoms. The number of H-pyrrole nitrogens is 1. The summed E-state index contributed by atoms with van der Waals surface area (Å²) in [6, 6.07) is 5.49. The Balaban J connectivity index is 2.97. The van der Waals surface area contributed by atoms with E-state index in [2.05, 4.69) is 20.9 Å². The van der Waals surface area contributed by atoms with E-state index in [0.717, 1.165) is 9.99 Å². The molecule has 0 saturated carbocycles. The second-order valence-corrected chi connectivity index (χ2v) is 4.03. The summed E-state index contributed by atoms with van der Waals surface area (Å²) in [6.07, 6.45) is 1.55. The Hall–Kier alpha value is -0.800. The molecule has 0 unspecified atom stereocenters. The molecule has 0 spiro atoms. The van der Waals surface area contributed by atoms with Crippen LogP contribution in [0.4, 0.5) is 0 Å². The molecule has 13 heavy (non-hydrogen) atoms. The maximum Gasteiger partial charge on any atom is 0.289 e. The molecule has 1 N–H and O–H groups in total. The quantitative estimate of drug-likeness (QED) is 0.771. The fourth-order valence-electron chi connectivity index (χ4n) is 1.17. The first-order valence-electron chi connectivity index (χ1n) is 3.66. The molecule has 1 heterocycles. The van der Waals surface area contributed by atoms with Crippen molar-refractivity contribution in [2.45, 2.75) is 0 Å². The molecular formula is C9H6BrClNO+. The highest BCUT2D eigenvalue weighted by atomic mass is 79.9. The normalized spacial score (nSPS) is 10.6. The van der Waals surface area contributed by atoms with Crippen molar-refractivity contribution in [1.29, 1.82) is 0 Å². The van der Waals surface area contributed by atoms with Gasteiger partial charge in [0, 0.05) is 9.99 Å². The molecule has 2 aromatic rings. The Kier molecular flexibility index (Phi) is 2.14. The van der Waals surface area contributed by atoms with Gasteiger partial charge < -0.3 is 4.98 Å². The third-order valence-corrected chi connectivity index (χ3v) is 2.61. The third kappa shape index (κ3) is 1.49. The molecule has 0 saturated heterocycles. The first-order valence-corrected chi connectivity index (χ1v) is 4.86. The minimum Gasteiger partial charge on any atom is -0.356 e. The van der Waals surface area contributed by atoms with Crippen molar-refractivity contribution < 1.29 is 11.6 Å². The first kappa shape index (κ1) is 8.78. The predicted octanol–water partition coefficient (Wildman–Crippen LogP) is 1.99. The maximum atomic E-state index is 11.5. The van der Waals surface area contributed by atoms with Crippen LogP contribution in [0.1, 0.15) is 0 Å². The Morgan fingerprint density at radius 1 is 1.38 bits per heavy atom. The number of pyridine rings is 1. The second kappa shape index (κ2) is 3.16. The van der Waals surface area contributed by atoms with Crippen LogP contribution in [0, 0.1) is 11.6 Å². The lowest BCUT2D eigenvalue weighted by Crippen LogP contribution is -2.04. The van der Waals surface area contributed by atoms with E-state index in [4.69, 9.17) is 11.6 Å². The highest BCUT2D eigenvalue weighted by molar-refractivity contribution is 9.10. The average molecular weight is 260 g/mol. The molecule has 0 aliphatic rings. The van der Waals surface area contributed by atoms with Crippen LogP contribution in [-0.2, 0) is 0 Å². The molecular weight excluding hydrogens is 253 g/mol. The number of nitrogens with one attached hydrogen (secondary N) is 1. The van der Waals surface area contributed by atoms with Crippen molar-refractivity contribution in [3.05, 3.63) is 44.1 Å². The monoisotopic (exact) mass is 258 g/mol. The summed E-state index contributed by atoms with van der Waals surface area (Å²) in [5, 5.41) is 0.951. The fourth-order valence-corrected chi connectivity index (χ4v) is 1.70. The summed E-state index contributed by atoms with van der Waals surface area (Å²) in [4.78, 5) is 14.5. The van der Waals surface area contributed by atoms with Gasteiger partial charge in [-0.3, -0.25) is 4.79 Å². The van der Waals surface area contributed by atoms with E-state index in [-0.39, 0.29) is 5.43 Å². The van der Waals surface area contributed by atoms with Gasteiger partial charge in [0.05, 0.1) is 11.6 Å². The van der Waals surface area contributed by atoms with Gasteiger partial charge in [-0.05, 0) is 18.2 Å². The lowest BCUT2D eigenvalue weighted by atomic mass is 10.2. The summed E-state index contributed by atoms with van der Waals surface area (Å²) < 4.78 is 0.881. The van der Waals surface area contributed by atoms with E-state index in [1.54, 1.807) is 12.3 Å². The van der Waals surface area contributed by atoms with Crippen molar-refractivity contribution in [2.24, 2.45) is 0 Å². The minimum atomic E-state index is -0.0925. The number of halogens is 2. The van der Waals surface area contributed by atoms with Gasteiger partial charge in [-0.15, -0.1) is 0 Å². The highest BCUT2D eigenvalue weighted by Crippen LogP contribution is 2.15. The van der Waals surface area contributed by atoms with Crippen LogP contribution in [0.3, 0.4) is 0 Å². The zero-order valence-corrected chi connectivity index (χ0v) is 8.91. The largest absolute Gasteiger partial charge is 0.356 e. The molecule has 0 amide bonds. The Morgan fingerprint density at radius 3 is 2.92 bits per heavy atom. The molecule has 1 aromatic carbocycles. The first-order chi connectivity index (χ1) is 6.18. The minimum absolute atomic E-state index is 0.0925. The molecule has 66 valence electrons. The van der Waals surface area contributed by atoms with Crippen LogP contribution in [-0.4, -0.2) is 4.98 Å². The Bertz CT molecular complexity index is 515. The molecule has 2 rings (SSSR count). The number of aromatic nitrogens is 1. The van der Waals surface area contributed by atoms with Crippen LogP contribution < -0.4 is 5.43 Å². The fraction of sp³-hybridized carbons (Fsp3) is 0. The smallest absolute Gasteiger partial charge is 0.289 e. The van der Waals surface area contributed by atoms with Crippen LogP contribution >= 0.6 is 15.9 Å². The van der Waals surface area contributed by atoms with E-state index in [1.165, 1.54) is 0 Å². The van der Waals surface area contributed by atoms with E-state index < -0.39 is 0 Å². The van der Waals surface area contributed by atoms with Gasteiger partial charge in [-0.2, -0.15) is 0 Å². The van der Waals surface area contributed by atoms with Gasteiger partial charge in [-0.25, -0.2) is 0 Å². The Labute approximate surface area is 87.7 Å². The molecule has 0 atom stereocenters. The second-order valence-electron chi connectivity index (χ2n) is 2.67. The van der Waals surface area contributed by atoms with Gasteiger partial charge in [-0.1, -0.05) is 15.9 Å². The van der Waals surface area contributed by atoms with Crippen molar-refractivity contribution in [2.75, 3.05) is 0 Å². The summed E-state index contributed by atoms with van der Waals surface area (Å²) in [5.41, 5.74) is 0.715. The van der Waals surface area contributed by atoms with E-state index in [1.807, 2.05) is 12.1 Å². The summed E-state index contributed by atoms with van der Waals surface area (Å²) in [7, 11) is 0. The standard InChI is InChI=1S/C9H5BrClNO/c10-5-1-2-8-6(3-5)9(13)7(11)4-12-8/h1-4,11H/p+1. The number of aromatic amines is 1. The lowest BCUT2D eigenvalue weighted by Gasteiger charge is -1.95.